The minimum atomic E-state index is -0.519. The van der Waals surface area contributed by atoms with E-state index < -0.39 is 11.8 Å². The monoisotopic (exact) mass is 523 g/mol. The molecule has 3 aromatic carbocycles. The molecular weight excluding hydrogens is 501 g/mol. The first-order valence-electron chi connectivity index (χ1n) is 11.0. The van der Waals surface area contributed by atoms with Crippen molar-refractivity contribution >= 4 is 46.8 Å². The number of ether oxygens (including phenoxy) is 2. The number of rotatable bonds is 10. The number of halogens is 2. The summed E-state index contributed by atoms with van der Waals surface area (Å²) in [5.74, 6) is -0.470. The second-order valence-corrected chi connectivity index (χ2v) is 8.29. The fraction of sp³-hybridized carbons (Fsp3) is 0.148. The third-order valence-corrected chi connectivity index (χ3v) is 5.31. The van der Waals surface area contributed by atoms with E-state index in [0.29, 0.717) is 22.9 Å². The van der Waals surface area contributed by atoms with Gasteiger partial charge in [0.15, 0.2) is 18.1 Å². The molecule has 0 bridgehead atoms. The Kier molecular flexibility index (Phi) is 9.75. The highest BCUT2D eigenvalue weighted by Crippen LogP contribution is 2.37. The van der Waals surface area contributed by atoms with Gasteiger partial charge in [0, 0.05) is 17.3 Å². The third-order valence-electron chi connectivity index (χ3n) is 4.78. The molecule has 0 aliphatic rings. The van der Waals surface area contributed by atoms with Gasteiger partial charge in [-0.1, -0.05) is 53.5 Å². The maximum absolute atomic E-state index is 12.5. The minimum Gasteiger partial charge on any atom is -0.490 e. The van der Waals surface area contributed by atoms with Gasteiger partial charge in [0.05, 0.1) is 11.6 Å². The molecule has 0 fully saturated rings. The molecule has 3 rings (SSSR count). The van der Waals surface area contributed by atoms with Crippen LogP contribution in [0.5, 0.6) is 11.5 Å². The van der Waals surface area contributed by atoms with Gasteiger partial charge in [0.1, 0.15) is 11.6 Å². The molecule has 0 saturated carbocycles. The molecule has 0 spiro atoms. The highest BCUT2D eigenvalue weighted by atomic mass is 35.5. The Morgan fingerprint density at radius 2 is 1.75 bits per heavy atom. The zero-order valence-corrected chi connectivity index (χ0v) is 20.9. The van der Waals surface area contributed by atoms with E-state index in [-0.39, 0.29) is 35.2 Å². The Morgan fingerprint density at radius 1 is 1.03 bits per heavy atom. The van der Waals surface area contributed by atoms with Gasteiger partial charge in [-0.3, -0.25) is 9.59 Å². The van der Waals surface area contributed by atoms with Gasteiger partial charge in [0.2, 0.25) is 0 Å². The van der Waals surface area contributed by atoms with E-state index in [4.69, 9.17) is 32.7 Å². The van der Waals surface area contributed by atoms with Crippen molar-refractivity contribution in [2.24, 2.45) is 0 Å². The van der Waals surface area contributed by atoms with Crippen LogP contribution in [-0.2, 0) is 16.1 Å². The molecule has 7 nitrogen and oxygen atoms in total. The number of nitrogens with one attached hydrogen (secondary N) is 2. The standard InChI is InChI=1S/C27H23Cl2N3O4/c1-2-35-24-14-19(12-20(15-30)27(34)31-16-18-6-4-3-5-7-18)13-23(29)26(24)36-17-25(33)32-22-10-8-21(28)9-11-22/h3-14H,2,16-17H2,1H3,(H,31,34)(H,32,33)/b20-12+. The molecule has 2 N–H and O–H groups in total. The quantitative estimate of drug-likeness (QED) is 0.264. The van der Waals surface area contributed by atoms with Crippen LogP contribution >= 0.6 is 23.2 Å². The molecule has 0 atom stereocenters. The van der Waals surface area contributed by atoms with E-state index in [0.717, 1.165) is 5.56 Å². The van der Waals surface area contributed by atoms with Crippen molar-refractivity contribution in [2.75, 3.05) is 18.5 Å². The summed E-state index contributed by atoms with van der Waals surface area (Å²) < 4.78 is 11.3. The lowest BCUT2D eigenvalue weighted by Crippen LogP contribution is -2.23. The number of carbonyl (C=O) groups excluding carboxylic acids is 2. The molecule has 184 valence electrons. The molecular formula is C27H23Cl2N3O4. The molecule has 36 heavy (non-hydrogen) atoms. The smallest absolute Gasteiger partial charge is 0.262 e. The van der Waals surface area contributed by atoms with E-state index in [1.54, 1.807) is 37.3 Å². The van der Waals surface area contributed by atoms with Crippen molar-refractivity contribution in [1.82, 2.24) is 5.32 Å². The SMILES string of the molecule is CCOc1cc(/C=C(\C#N)C(=O)NCc2ccccc2)cc(Cl)c1OCC(=O)Nc1ccc(Cl)cc1. The number of amides is 2. The number of carbonyl (C=O) groups is 2. The molecule has 2 amide bonds. The fourth-order valence-electron chi connectivity index (χ4n) is 3.13. The number of anilines is 1. The van der Waals surface area contributed by atoms with E-state index in [1.165, 1.54) is 12.1 Å². The molecule has 0 saturated heterocycles. The first-order valence-corrected chi connectivity index (χ1v) is 11.7. The lowest BCUT2D eigenvalue weighted by Gasteiger charge is -2.14. The minimum absolute atomic E-state index is 0.0968. The summed E-state index contributed by atoms with van der Waals surface area (Å²) >= 11 is 12.3. The molecule has 0 heterocycles. The molecule has 0 aliphatic carbocycles. The predicted octanol–water partition coefficient (Wildman–Crippen LogP) is 5.63. The van der Waals surface area contributed by atoms with Crippen LogP contribution in [0.3, 0.4) is 0 Å². The van der Waals surface area contributed by atoms with Crippen LogP contribution in [0.15, 0.2) is 72.3 Å². The van der Waals surface area contributed by atoms with Crippen molar-refractivity contribution in [3.8, 4) is 17.6 Å². The summed E-state index contributed by atoms with van der Waals surface area (Å²) in [5.41, 5.74) is 1.85. The highest BCUT2D eigenvalue weighted by Gasteiger charge is 2.16. The summed E-state index contributed by atoms with van der Waals surface area (Å²) in [6.07, 6.45) is 1.41. The summed E-state index contributed by atoms with van der Waals surface area (Å²) in [5, 5.41) is 15.6. The average Bonchev–Trinajstić information content (AvgIpc) is 2.87. The number of nitriles is 1. The molecule has 0 aromatic heterocycles. The molecule has 3 aromatic rings. The van der Waals surface area contributed by atoms with Gasteiger partial charge in [-0.25, -0.2) is 0 Å². The van der Waals surface area contributed by atoms with E-state index in [9.17, 15) is 14.9 Å². The van der Waals surface area contributed by atoms with E-state index >= 15 is 0 Å². The molecule has 0 unspecified atom stereocenters. The second-order valence-electron chi connectivity index (χ2n) is 7.44. The Bertz CT molecular complexity index is 1290. The van der Waals surface area contributed by atoms with Gasteiger partial charge >= 0.3 is 0 Å². The van der Waals surface area contributed by atoms with Crippen molar-refractivity contribution in [1.29, 1.82) is 5.26 Å². The van der Waals surface area contributed by atoms with Crippen molar-refractivity contribution in [3.05, 3.63) is 93.5 Å². The van der Waals surface area contributed by atoms with Gasteiger partial charge < -0.3 is 20.1 Å². The van der Waals surface area contributed by atoms with Gasteiger partial charge in [0.25, 0.3) is 11.8 Å². The fourth-order valence-corrected chi connectivity index (χ4v) is 3.53. The van der Waals surface area contributed by atoms with Crippen molar-refractivity contribution in [2.45, 2.75) is 13.5 Å². The first kappa shape index (κ1) is 26.6. The van der Waals surface area contributed by atoms with Gasteiger partial charge in [-0.15, -0.1) is 0 Å². The second kappa shape index (κ2) is 13.2. The van der Waals surface area contributed by atoms with Crippen molar-refractivity contribution < 1.29 is 19.1 Å². The van der Waals surface area contributed by atoms with Crippen LogP contribution < -0.4 is 20.1 Å². The summed E-state index contributed by atoms with van der Waals surface area (Å²) in [6, 6.07) is 21.0. The van der Waals surface area contributed by atoms with E-state index in [2.05, 4.69) is 10.6 Å². The summed E-state index contributed by atoms with van der Waals surface area (Å²) in [6.45, 7) is 2.06. The van der Waals surface area contributed by atoms with E-state index in [1.807, 2.05) is 36.4 Å². The first-order chi connectivity index (χ1) is 17.4. The maximum Gasteiger partial charge on any atom is 0.262 e. The highest BCUT2D eigenvalue weighted by molar-refractivity contribution is 6.32. The van der Waals surface area contributed by atoms with Crippen LogP contribution in [-0.4, -0.2) is 25.0 Å². The summed E-state index contributed by atoms with van der Waals surface area (Å²) in [7, 11) is 0. The Hall–Kier alpha value is -3.99. The van der Waals surface area contributed by atoms with Gasteiger partial charge in [-0.2, -0.15) is 5.26 Å². The lowest BCUT2D eigenvalue weighted by atomic mass is 10.1. The third kappa shape index (κ3) is 7.77. The number of benzene rings is 3. The Balaban J connectivity index is 1.72. The van der Waals surface area contributed by atoms with Crippen LogP contribution in [0.1, 0.15) is 18.1 Å². The van der Waals surface area contributed by atoms with Crippen LogP contribution in [0.2, 0.25) is 10.0 Å². The van der Waals surface area contributed by atoms with Crippen molar-refractivity contribution in [3.63, 3.8) is 0 Å². The molecule has 0 aliphatic heterocycles. The van der Waals surface area contributed by atoms with Crippen LogP contribution in [0.25, 0.3) is 6.08 Å². The summed E-state index contributed by atoms with van der Waals surface area (Å²) in [4.78, 5) is 24.8. The Labute approximate surface area is 219 Å². The molecule has 0 radical (unpaired) electrons. The lowest BCUT2D eigenvalue weighted by molar-refractivity contribution is -0.118. The Morgan fingerprint density at radius 3 is 2.42 bits per heavy atom. The zero-order valence-electron chi connectivity index (χ0n) is 19.4. The average molecular weight is 524 g/mol. The number of nitrogens with zero attached hydrogens (tertiary/aromatic N) is 1. The maximum atomic E-state index is 12.5. The zero-order chi connectivity index (χ0) is 25.9. The number of hydrogen-bond acceptors (Lipinski definition) is 5. The molecule has 9 heteroatoms. The van der Waals surface area contributed by atoms with Crippen LogP contribution in [0.4, 0.5) is 5.69 Å². The number of hydrogen-bond donors (Lipinski definition) is 2. The predicted molar refractivity (Wildman–Crippen MR) is 140 cm³/mol. The topological polar surface area (TPSA) is 100 Å². The van der Waals surface area contributed by atoms with Crippen LogP contribution in [0, 0.1) is 11.3 Å². The normalized spacial score (nSPS) is 10.8. The largest absolute Gasteiger partial charge is 0.490 e. The van der Waals surface area contributed by atoms with Gasteiger partial charge in [-0.05, 0) is 60.5 Å².